The van der Waals surface area contributed by atoms with Gasteiger partial charge >= 0.3 is 6.18 Å². The summed E-state index contributed by atoms with van der Waals surface area (Å²) in [5, 5.41) is 2.38. The second-order valence-corrected chi connectivity index (χ2v) is 5.66. The van der Waals surface area contributed by atoms with Crippen LogP contribution in [0.15, 0.2) is 48.5 Å². The van der Waals surface area contributed by atoms with Gasteiger partial charge in [0.2, 0.25) is 11.8 Å². The Kier molecular flexibility index (Phi) is 6.44. The molecule has 0 saturated carbocycles. The number of benzene rings is 2. The summed E-state index contributed by atoms with van der Waals surface area (Å²) in [6.07, 6.45) is -4.51. The molecular formula is C19H19F3N2O3. The summed E-state index contributed by atoms with van der Waals surface area (Å²) in [5.74, 6) is -0.366. The van der Waals surface area contributed by atoms with Gasteiger partial charge in [-0.05, 0) is 49.4 Å². The predicted octanol–water partition coefficient (Wildman–Crippen LogP) is 4.10. The first kappa shape index (κ1) is 20.3. The fourth-order valence-electron chi connectivity index (χ4n) is 2.39. The summed E-state index contributed by atoms with van der Waals surface area (Å²) >= 11 is 0. The molecule has 5 nitrogen and oxygen atoms in total. The van der Waals surface area contributed by atoms with Crippen LogP contribution in [0.3, 0.4) is 0 Å². The van der Waals surface area contributed by atoms with Gasteiger partial charge in [-0.3, -0.25) is 9.59 Å². The molecule has 144 valence electrons. The Labute approximate surface area is 154 Å². The summed E-state index contributed by atoms with van der Waals surface area (Å²) < 4.78 is 43.6. The number of nitrogens with zero attached hydrogens (tertiary/aromatic N) is 1. The van der Waals surface area contributed by atoms with E-state index in [0.717, 1.165) is 12.1 Å². The Morgan fingerprint density at radius 1 is 1.11 bits per heavy atom. The van der Waals surface area contributed by atoms with Gasteiger partial charge in [0, 0.05) is 18.3 Å². The minimum absolute atomic E-state index is 0.00465. The molecule has 27 heavy (non-hydrogen) atoms. The molecule has 0 aliphatic rings. The van der Waals surface area contributed by atoms with Crippen molar-refractivity contribution in [2.75, 3.05) is 23.4 Å². The van der Waals surface area contributed by atoms with Crippen molar-refractivity contribution in [3.63, 3.8) is 0 Å². The van der Waals surface area contributed by atoms with Gasteiger partial charge in [-0.2, -0.15) is 13.2 Å². The van der Waals surface area contributed by atoms with Gasteiger partial charge in [-0.1, -0.05) is 6.07 Å². The van der Waals surface area contributed by atoms with Gasteiger partial charge in [0.15, 0.2) is 0 Å². The maximum Gasteiger partial charge on any atom is 0.416 e. The second-order valence-electron chi connectivity index (χ2n) is 5.66. The highest BCUT2D eigenvalue weighted by Gasteiger charge is 2.30. The maximum absolute atomic E-state index is 12.8. The fourth-order valence-corrected chi connectivity index (χ4v) is 2.39. The molecule has 0 spiro atoms. The summed E-state index contributed by atoms with van der Waals surface area (Å²) in [4.78, 5) is 25.3. The number of alkyl halides is 3. The zero-order chi connectivity index (χ0) is 20.0. The number of ether oxygens (including phenoxy) is 1. The number of carbonyl (C=O) groups excluding carboxylic acids is 2. The third-order valence-electron chi connectivity index (χ3n) is 3.61. The molecule has 0 aromatic heterocycles. The van der Waals surface area contributed by atoms with E-state index in [1.165, 1.54) is 24.0 Å². The number of halogens is 3. The number of carbonyl (C=O) groups is 2. The monoisotopic (exact) mass is 380 g/mol. The molecule has 0 aliphatic heterocycles. The first-order chi connectivity index (χ1) is 12.7. The molecule has 0 fully saturated rings. The summed E-state index contributed by atoms with van der Waals surface area (Å²) in [6.45, 7) is 3.30. The van der Waals surface area contributed by atoms with Crippen LogP contribution >= 0.6 is 0 Å². The number of nitrogens with one attached hydrogen (secondary N) is 1. The lowest BCUT2D eigenvalue weighted by Gasteiger charge is -2.21. The minimum atomic E-state index is -4.51. The number of hydrogen-bond donors (Lipinski definition) is 1. The van der Waals surface area contributed by atoms with Crippen LogP contribution in [0.4, 0.5) is 24.5 Å². The van der Waals surface area contributed by atoms with Crippen molar-refractivity contribution in [1.82, 2.24) is 0 Å². The van der Waals surface area contributed by atoms with Crippen LogP contribution in [0.25, 0.3) is 0 Å². The van der Waals surface area contributed by atoms with Gasteiger partial charge in [-0.25, -0.2) is 0 Å². The number of anilines is 2. The van der Waals surface area contributed by atoms with Crippen molar-refractivity contribution in [2.45, 2.75) is 20.0 Å². The second kappa shape index (κ2) is 8.57. The highest BCUT2D eigenvalue weighted by Crippen LogP contribution is 2.30. The molecule has 0 saturated heterocycles. The SMILES string of the molecule is CCOc1ccc(N(CC(=O)Nc2cccc(C(F)(F)F)c2)C(C)=O)cc1. The first-order valence-electron chi connectivity index (χ1n) is 8.18. The molecule has 1 N–H and O–H groups in total. The third-order valence-corrected chi connectivity index (χ3v) is 3.61. The molecule has 0 bridgehead atoms. The number of amides is 2. The minimum Gasteiger partial charge on any atom is -0.494 e. The van der Waals surface area contributed by atoms with E-state index in [0.29, 0.717) is 18.0 Å². The molecule has 8 heteroatoms. The van der Waals surface area contributed by atoms with Crippen LogP contribution in [-0.4, -0.2) is 25.0 Å². The molecular weight excluding hydrogens is 361 g/mol. The standard InChI is InChI=1S/C19H19F3N2O3/c1-3-27-17-9-7-16(8-10-17)24(13(2)25)12-18(26)23-15-6-4-5-14(11-15)19(20,21)22/h4-11H,3,12H2,1-2H3,(H,23,26). The van der Waals surface area contributed by atoms with Crippen LogP contribution in [0.2, 0.25) is 0 Å². The van der Waals surface area contributed by atoms with Gasteiger partial charge in [0.05, 0.1) is 12.2 Å². The largest absolute Gasteiger partial charge is 0.494 e. The lowest BCUT2D eigenvalue weighted by atomic mass is 10.2. The molecule has 2 rings (SSSR count). The predicted molar refractivity (Wildman–Crippen MR) is 95.7 cm³/mol. The molecule has 0 heterocycles. The van der Waals surface area contributed by atoms with Crippen LogP contribution in [0.1, 0.15) is 19.4 Å². The Balaban J connectivity index is 2.10. The normalized spacial score (nSPS) is 11.0. The van der Waals surface area contributed by atoms with Crippen LogP contribution < -0.4 is 15.0 Å². The molecule has 0 radical (unpaired) electrons. The lowest BCUT2D eigenvalue weighted by Crippen LogP contribution is -2.36. The Morgan fingerprint density at radius 3 is 2.33 bits per heavy atom. The topological polar surface area (TPSA) is 58.6 Å². The Bertz CT molecular complexity index is 805. The van der Waals surface area contributed by atoms with Gasteiger partial charge in [0.1, 0.15) is 12.3 Å². The fraction of sp³-hybridized carbons (Fsp3) is 0.263. The molecule has 2 amide bonds. The molecule has 2 aromatic rings. The molecule has 0 unspecified atom stereocenters. The van der Waals surface area contributed by atoms with E-state index in [1.54, 1.807) is 24.3 Å². The van der Waals surface area contributed by atoms with Gasteiger partial charge < -0.3 is 15.0 Å². The van der Waals surface area contributed by atoms with Crippen molar-refractivity contribution in [3.8, 4) is 5.75 Å². The van der Waals surface area contributed by atoms with Crippen molar-refractivity contribution in [1.29, 1.82) is 0 Å². The summed E-state index contributed by atoms with van der Waals surface area (Å²) in [7, 11) is 0. The molecule has 0 atom stereocenters. The molecule has 2 aromatic carbocycles. The Hall–Kier alpha value is -3.03. The van der Waals surface area contributed by atoms with E-state index in [2.05, 4.69) is 5.32 Å². The summed E-state index contributed by atoms with van der Waals surface area (Å²) in [5.41, 5.74) is -0.384. The lowest BCUT2D eigenvalue weighted by molar-refractivity contribution is -0.137. The number of hydrogen-bond acceptors (Lipinski definition) is 3. The van der Waals surface area contributed by atoms with E-state index in [9.17, 15) is 22.8 Å². The van der Waals surface area contributed by atoms with E-state index in [1.807, 2.05) is 6.92 Å². The smallest absolute Gasteiger partial charge is 0.416 e. The average molecular weight is 380 g/mol. The van der Waals surface area contributed by atoms with Crippen molar-refractivity contribution >= 4 is 23.2 Å². The van der Waals surface area contributed by atoms with Crippen molar-refractivity contribution in [3.05, 3.63) is 54.1 Å². The highest BCUT2D eigenvalue weighted by molar-refractivity contribution is 6.01. The van der Waals surface area contributed by atoms with E-state index >= 15 is 0 Å². The van der Waals surface area contributed by atoms with E-state index in [4.69, 9.17) is 4.74 Å². The number of rotatable bonds is 6. The van der Waals surface area contributed by atoms with Crippen molar-refractivity contribution in [2.24, 2.45) is 0 Å². The van der Waals surface area contributed by atoms with Gasteiger partial charge in [-0.15, -0.1) is 0 Å². The van der Waals surface area contributed by atoms with Crippen LogP contribution in [-0.2, 0) is 15.8 Å². The van der Waals surface area contributed by atoms with Crippen LogP contribution in [0, 0.1) is 0 Å². The summed E-state index contributed by atoms with van der Waals surface area (Å²) in [6, 6.07) is 10.9. The first-order valence-corrected chi connectivity index (χ1v) is 8.18. The maximum atomic E-state index is 12.8. The van der Waals surface area contributed by atoms with Gasteiger partial charge in [0.25, 0.3) is 0 Å². The third kappa shape index (κ3) is 5.73. The zero-order valence-corrected chi connectivity index (χ0v) is 14.8. The zero-order valence-electron chi connectivity index (χ0n) is 14.8. The van der Waals surface area contributed by atoms with E-state index in [-0.39, 0.29) is 18.1 Å². The van der Waals surface area contributed by atoms with E-state index < -0.39 is 17.6 Å². The van der Waals surface area contributed by atoms with Crippen molar-refractivity contribution < 1.29 is 27.5 Å². The molecule has 0 aliphatic carbocycles. The van der Waals surface area contributed by atoms with Crippen LogP contribution in [0.5, 0.6) is 5.75 Å². The quantitative estimate of drug-likeness (QED) is 0.821. The average Bonchev–Trinajstić information content (AvgIpc) is 2.60. The highest BCUT2D eigenvalue weighted by atomic mass is 19.4. The Morgan fingerprint density at radius 2 is 1.78 bits per heavy atom.